The third-order valence-corrected chi connectivity index (χ3v) is 8.43. The molecule has 0 bridgehead atoms. The Balaban J connectivity index is 1.12. The number of pyridine rings is 2. The molecule has 5 heterocycles. The van der Waals surface area contributed by atoms with Crippen LogP contribution in [0.3, 0.4) is 0 Å². The number of rotatable bonds is 6. The molecule has 9 nitrogen and oxygen atoms in total. The third-order valence-electron chi connectivity index (χ3n) is 8.14. The number of hydrogen-bond donors (Lipinski definition) is 2. The number of Topliss-reactive ketones (excluding diaryl/α,β-unsaturated/α-hetero) is 1. The Morgan fingerprint density at radius 1 is 1.20 bits per heavy atom. The number of halogens is 5. The lowest BCUT2D eigenvalue weighted by atomic mass is 9.99. The summed E-state index contributed by atoms with van der Waals surface area (Å²) in [6.07, 6.45) is -3.97. The van der Waals surface area contributed by atoms with Crippen LogP contribution >= 0.6 is 11.6 Å². The lowest BCUT2D eigenvalue weighted by molar-refractivity contribution is -0.141. The number of ether oxygens (including phenoxy) is 3. The first-order valence-electron chi connectivity index (χ1n) is 14.1. The number of ketones is 1. The summed E-state index contributed by atoms with van der Waals surface area (Å²) in [7, 11) is 0. The van der Waals surface area contributed by atoms with Crippen LogP contribution in [0, 0.1) is 12.7 Å². The van der Waals surface area contributed by atoms with Crippen LogP contribution in [0.15, 0.2) is 41.5 Å². The van der Waals surface area contributed by atoms with Crippen LogP contribution in [-0.2, 0) is 31.6 Å². The molecule has 14 heteroatoms. The number of hydrogen-bond acceptors (Lipinski definition) is 9. The number of aliphatic imine (C=N–C) groups is 1. The quantitative estimate of drug-likeness (QED) is 0.167. The fourth-order valence-corrected chi connectivity index (χ4v) is 6.06. The molecule has 0 radical (unpaired) electrons. The zero-order valence-electron chi connectivity index (χ0n) is 23.3. The predicted octanol–water partition coefficient (Wildman–Crippen LogP) is 5.12. The van der Waals surface area contributed by atoms with Crippen LogP contribution in [0.4, 0.5) is 29.2 Å². The van der Waals surface area contributed by atoms with E-state index in [0.29, 0.717) is 64.2 Å². The molecule has 5 atom stereocenters. The number of nitrogens with one attached hydrogen (secondary N) is 2. The van der Waals surface area contributed by atoms with Gasteiger partial charge in [0.05, 0.1) is 23.7 Å². The molecular weight excluding hydrogens is 606 g/mol. The first kappa shape index (κ1) is 29.1. The SMILES string of the molecule is Cc1cc(Cl)c(N[C@H]2CCc3cc(-c4ccc(C(F)(F)F)nc4)cc(F)c32)nc1N=C(O[C@@H]1CO[C@@H]2C(=O)CO[C@@H]21)C1CN1. The van der Waals surface area contributed by atoms with Gasteiger partial charge in [-0.1, -0.05) is 23.7 Å². The number of carbonyl (C=O) groups is 1. The van der Waals surface area contributed by atoms with E-state index in [9.17, 15) is 18.0 Å². The van der Waals surface area contributed by atoms with E-state index >= 15 is 4.39 Å². The van der Waals surface area contributed by atoms with Crippen molar-refractivity contribution < 1.29 is 36.6 Å². The largest absolute Gasteiger partial charge is 0.471 e. The van der Waals surface area contributed by atoms with Crippen molar-refractivity contribution in [2.24, 2.45) is 4.99 Å². The van der Waals surface area contributed by atoms with Crippen molar-refractivity contribution in [1.82, 2.24) is 15.3 Å². The second-order valence-electron chi connectivity index (χ2n) is 11.2. The van der Waals surface area contributed by atoms with Crippen molar-refractivity contribution in [3.05, 3.63) is 69.8 Å². The summed E-state index contributed by atoms with van der Waals surface area (Å²) < 4.78 is 71.6. The fourth-order valence-electron chi connectivity index (χ4n) is 5.80. The highest BCUT2D eigenvalue weighted by Gasteiger charge is 2.49. The van der Waals surface area contributed by atoms with E-state index in [4.69, 9.17) is 30.8 Å². The molecule has 4 aliphatic rings. The minimum Gasteiger partial charge on any atom is -0.471 e. The molecular formula is C30H26ClF4N5O4. The molecule has 2 aromatic heterocycles. The van der Waals surface area contributed by atoms with Gasteiger partial charge >= 0.3 is 6.18 Å². The molecule has 1 aliphatic carbocycles. The molecule has 3 aromatic rings. The molecule has 1 unspecified atom stereocenters. The summed E-state index contributed by atoms with van der Waals surface area (Å²) in [5.74, 6) is 0.486. The van der Waals surface area contributed by atoms with E-state index in [0.717, 1.165) is 17.8 Å². The van der Waals surface area contributed by atoms with E-state index in [1.165, 1.54) is 12.1 Å². The Bertz CT molecular complexity index is 1660. The lowest BCUT2D eigenvalue weighted by Gasteiger charge is -2.19. The van der Waals surface area contributed by atoms with Gasteiger partial charge < -0.3 is 24.8 Å². The minimum atomic E-state index is -4.55. The van der Waals surface area contributed by atoms with Crippen molar-refractivity contribution in [3.8, 4) is 11.1 Å². The average Bonchev–Trinajstić information content (AvgIpc) is 3.47. The molecule has 0 amide bonds. The van der Waals surface area contributed by atoms with Gasteiger partial charge in [0.15, 0.2) is 17.7 Å². The van der Waals surface area contributed by atoms with Crippen LogP contribution in [-0.4, -0.2) is 65.8 Å². The molecule has 3 aliphatic heterocycles. The maximum atomic E-state index is 15.5. The van der Waals surface area contributed by atoms with Gasteiger partial charge in [0.1, 0.15) is 36.1 Å². The number of aromatic nitrogens is 2. The van der Waals surface area contributed by atoms with Crippen molar-refractivity contribution in [2.75, 3.05) is 25.1 Å². The summed E-state index contributed by atoms with van der Waals surface area (Å²) >= 11 is 6.56. The summed E-state index contributed by atoms with van der Waals surface area (Å²) in [6, 6.07) is 6.39. The molecule has 0 spiro atoms. The van der Waals surface area contributed by atoms with E-state index in [-0.39, 0.29) is 25.0 Å². The van der Waals surface area contributed by atoms with Gasteiger partial charge in [-0.25, -0.2) is 9.37 Å². The molecule has 230 valence electrons. The molecule has 1 aromatic carbocycles. The Hall–Kier alpha value is -3.65. The van der Waals surface area contributed by atoms with Crippen LogP contribution in [0.1, 0.15) is 34.8 Å². The number of aryl methyl sites for hydroxylation is 2. The second-order valence-corrected chi connectivity index (χ2v) is 11.6. The second kappa shape index (κ2) is 11.1. The topological polar surface area (TPSA) is 117 Å². The van der Waals surface area contributed by atoms with Gasteiger partial charge in [0, 0.05) is 23.9 Å². The lowest BCUT2D eigenvalue weighted by Crippen LogP contribution is -2.34. The van der Waals surface area contributed by atoms with E-state index < -0.39 is 42.0 Å². The molecule has 2 N–H and O–H groups in total. The van der Waals surface area contributed by atoms with Crippen molar-refractivity contribution in [2.45, 2.75) is 56.3 Å². The number of anilines is 1. The highest BCUT2D eigenvalue weighted by atomic mass is 35.5. The predicted molar refractivity (Wildman–Crippen MR) is 152 cm³/mol. The normalized spacial score (nSPS) is 26.1. The van der Waals surface area contributed by atoms with E-state index in [1.807, 2.05) is 6.92 Å². The zero-order chi connectivity index (χ0) is 30.7. The monoisotopic (exact) mass is 631 g/mol. The smallest absolute Gasteiger partial charge is 0.433 e. The maximum absolute atomic E-state index is 15.5. The van der Waals surface area contributed by atoms with Crippen LogP contribution < -0.4 is 10.6 Å². The number of benzene rings is 1. The van der Waals surface area contributed by atoms with Gasteiger partial charge in [0.25, 0.3) is 0 Å². The fraction of sp³-hybridized carbons (Fsp3) is 0.400. The molecule has 44 heavy (non-hydrogen) atoms. The highest BCUT2D eigenvalue weighted by molar-refractivity contribution is 6.33. The summed E-state index contributed by atoms with van der Waals surface area (Å²) in [4.78, 5) is 24.8. The number of fused-ring (bicyclic) bond motifs is 2. The van der Waals surface area contributed by atoms with Crippen LogP contribution in [0.2, 0.25) is 5.02 Å². The zero-order valence-corrected chi connectivity index (χ0v) is 24.0. The first-order valence-corrected chi connectivity index (χ1v) is 14.5. The minimum absolute atomic E-state index is 0.00527. The number of carbonyl (C=O) groups excluding carboxylic acids is 1. The Morgan fingerprint density at radius 2 is 2.02 bits per heavy atom. The van der Waals surface area contributed by atoms with Crippen molar-refractivity contribution in [1.29, 1.82) is 0 Å². The third kappa shape index (κ3) is 5.53. The van der Waals surface area contributed by atoms with Gasteiger partial charge in [-0.2, -0.15) is 18.2 Å². The molecule has 0 saturated carbocycles. The summed E-state index contributed by atoms with van der Waals surface area (Å²) in [5, 5.41) is 6.77. The number of alkyl halides is 3. The van der Waals surface area contributed by atoms with Gasteiger partial charge in [0.2, 0.25) is 5.90 Å². The Labute approximate surface area is 254 Å². The van der Waals surface area contributed by atoms with Crippen LogP contribution in [0.5, 0.6) is 0 Å². The van der Waals surface area contributed by atoms with Gasteiger partial charge in [-0.3, -0.25) is 9.78 Å². The van der Waals surface area contributed by atoms with Gasteiger partial charge in [-0.05, 0) is 54.7 Å². The standard InChI is InChI=1S/C30H26ClF4N5O4/c1-13-6-17(31)28(39-27(13)40-29(20-10-36-20)44-22-12-43-25-21(41)11-42-26(22)25)38-19-4-2-14-7-16(8-18(32)24(14)19)15-3-5-23(37-9-15)30(33,34)35/h3,5-9,19-20,22,25-26,36H,2,4,10-12H2,1H3,(H,38,39)/t19-,20?,22+,25+,26+/m0/s1. The van der Waals surface area contributed by atoms with Gasteiger partial charge in [-0.15, -0.1) is 0 Å². The van der Waals surface area contributed by atoms with Crippen molar-refractivity contribution >= 4 is 34.9 Å². The Morgan fingerprint density at radius 3 is 2.75 bits per heavy atom. The molecule has 7 rings (SSSR count). The van der Waals surface area contributed by atoms with Crippen molar-refractivity contribution in [3.63, 3.8) is 0 Å². The summed E-state index contributed by atoms with van der Waals surface area (Å²) in [5.41, 5.74) is 1.70. The highest BCUT2D eigenvalue weighted by Crippen LogP contribution is 2.40. The van der Waals surface area contributed by atoms with Crippen LogP contribution in [0.25, 0.3) is 11.1 Å². The average molecular weight is 632 g/mol. The first-order chi connectivity index (χ1) is 21.0. The summed E-state index contributed by atoms with van der Waals surface area (Å²) in [6.45, 7) is 2.68. The maximum Gasteiger partial charge on any atom is 0.433 e. The Kier molecular flexibility index (Phi) is 7.31. The molecule has 3 saturated heterocycles. The van der Waals surface area contributed by atoms with E-state index in [2.05, 4.69) is 20.6 Å². The molecule has 3 fully saturated rings. The van der Waals surface area contributed by atoms with E-state index in [1.54, 1.807) is 12.1 Å². The number of nitrogens with zero attached hydrogens (tertiary/aromatic N) is 3.